The molecule has 1 aliphatic heterocycles. The molecule has 1 heterocycles. The lowest BCUT2D eigenvalue weighted by molar-refractivity contribution is -0.143. The molecule has 4 aliphatic rings. The molecule has 2 fully saturated rings. The Bertz CT molecular complexity index is 654. The summed E-state index contributed by atoms with van der Waals surface area (Å²) in [5, 5.41) is 0. The fourth-order valence-corrected chi connectivity index (χ4v) is 4.44. The van der Waals surface area contributed by atoms with Crippen LogP contribution in [-0.4, -0.2) is 18.5 Å². The van der Waals surface area contributed by atoms with Gasteiger partial charge in [-0.05, 0) is 49.0 Å². The van der Waals surface area contributed by atoms with E-state index in [9.17, 15) is 9.59 Å². The van der Waals surface area contributed by atoms with Gasteiger partial charge in [0.15, 0.2) is 5.57 Å². The van der Waals surface area contributed by atoms with Gasteiger partial charge in [0.05, 0.1) is 6.61 Å². The van der Waals surface area contributed by atoms with Gasteiger partial charge in [0.25, 0.3) is 0 Å². The first kappa shape index (κ1) is 12.9. The normalized spacial score (nSPS) is 39.3. The smallest absolute Gasteiger partial charge is 0.351 e. The van der Waals surface area contributed by atoms with Crippen molar-refractivity contribution in [3.8, 4) is 0 Å². The van der Waals surface area contributed by atoms with Crippen molar-refractivity contribution in [2.45, 2.75) is 26.7 Å². The maximum Gasteiger partial charge on any atom is 0.351 e. The first-order valence-electron chi connectivity index (χ1n) is 7.51. The zero-order valence-corrected chi connectivity index (χ0v) is 12.3. The molecule has 0 aromatic heterocycles. The van der Waals surface area contributed by atoms with Crippen LogP contribution in [0.3, 0.4) is 0 Å². The molecule has 0 aromatic rings. The number of ether oxygens (including phenoxy) is 2. The molecule has 2 saturated carbocycles. The fourth-order valence-electron chi connectivity index (χ4n) is 4.44. The van der Waals surface area contributed by atoms with Crippen LogP contribution < -0.4 is 0 Å². The minimum Gasteiger partial charge on any atom is -0.462 e. The molecule has 110 valence electrons. The highest BCUT2D eigenvalue weighted by Crippen LogP contribution is 2.70. The van der Waals surface area contributed by atoms with Gasteiger partial charge in [0.1, 0.15) is 5.76 Å². The summed E-state index contributed by atoms with van der Waals surface area (Å²) in [5.74, 6) is 0.961. The van der Waals surface area contributed by atoms with Crippen LogP contribution in [0.15, 0.2) is 35.1 Å². The van der Waals surface area contributed by atoms with Crippen molar-refractivity contribution in [3.05, 3.63) is 35.1 Å². The molecule has 4 nitrogen and oxygen atoms in total. The average molecular weight is 286 g/mol. The molecule has 0 aromatic carbocycles. The summed E-state index contributed by atoms with van der Waals surface area (Å²) in [5.41, 5.74) is 2.08. The van der Waals surface area contributed by atoms with Crippen LogP contribution >= 0.6 is 0 Å². The average Bonchev–Trinajstić information content (AvgIpc) is 3.11. The van der Waals surface area contributed by atoms with Crippen molar-refractivity contribution in [1.29, 1.82) is 0 Å². The summed E-state index contributed by atoms with van der Waals surface area (Å²) >= 11 is 0. The monoisotopic (exact) mass is 286 g/mol. The third-order valence-corrected chi connectivity index (χ3v) is 5.60. The Labute approximate surface area is 123 Å². The molecule has 4 heteroatoms. The minimum absolute atomic E-state index is 0.0188. The minimum atomic E-state index is -0.573. The molecule has 0 unspecified atom stereocenters. The highest BCUT2D eigenvalue weighted by Gasteiger charge is 2.64. The Morgan fingerprint density at radius 3 is 3.05 bits per heavy atom. The van der Waals surface area contributed by atoms with Crippen LogP contribution in [0.2, 0.25) is 0 Å². The van der Waals surface area contributed by atoms with Crippen LogP contribution in [-0.2, 0) is 19.1 Å². The van der Waals surface area contributed by atoms with Gasteiger partial charge in [-0.25, -0.2) is 9.59 Å². The van der Waals surface area contributed by atoms with Gasteiger partial charge >= 0.3 is 11.9 Å². The summed E-state index contributed by atoms with van der Waals surface area (Å²) in [4.78, 5) is 24.0. The first-order chi connectivity index (χ1) is 9.97. The van der Waals surface area contributed by atoms with Crippen LogP contribution in [0.5, 0.6) is 0 Å². The molecule has 4 rings (SSSR count). The zero-order chi connectivity index (χ0) is 14.9. The molecule has 0 N–H and O–H groups in total. The molecule has 0 saturated heterocycles. The molecular formula is C17H18O4. The zero-order valence-electron chi connectivity index (χ0n) is 12.3. The quantitative estimate of drug-likeness (QED) is 0.444. The van der Waals surface area contributed by atoms with Crippen molar-refractivity contribution in [2.75, 3.05) is 6.61 Å². The van der Waals surface area contributed by atoms with Gasteiger partial charge in [-0.2, -0.15) is 0 Å². The molecule has 0 radical (unpaired) electrons. The summed E-state index contributed by atoms with van der Waals surface area (Å²) in [6.45, 7) is 8.45. The summed E-state index contributed by atoms with van der Waals surface area (Å²) < 4.78 is 10.3. The second kappa shape index (κ2) is 3.87. The van der Waals surface area contributed by atoms with Crippen molar-refractivity contribution in [3.63, 3.8) is 0 Å². The number of rotatable bonds is 2. The third kappa shape index (κ3) is 1.50. The number of carbonyl (C=O) groups is 2. The number of allylic oxidation sites excluding steroid dienone is 3. The molecule has 0 amide bonds. The van der Waals surface area contributed by atoms with Gasteiger partial charge in [-0.1, -0.05) is 19.1 Å². The fraction of sp³-hybridized carbons (Fsp3) is 0.529. The van der Waals surface area contributed by atoms with Crippen molar-refractivity contribution in [1.82, 2.24) is 0 Å². The number of esters is 2. The van der Waals surface area contributed by atoms with Gasteiger partial charge in [0.2, 0.25) is 0 Å². The predicted molar refractivity (Wildman–Crippen MR) is 74.8 cm³/mol. The molecular weight excluding hydrogens is 268 g/mol. The second-order valence-corrected chi connectivity index (χ2v) is 6.62. The van der Waals surface area contributed by atoms with Crippen LogP contribution in [0.25, 0.3) is 0 Å². The van der Waals surface area contributed by atoms with Crippen molar-refractivity contribution < 1.29 is 19.1 Å². The lowest BCUT2D eigenvalue weighted by atomic mass is 9.67. The standard InChI is InChI=1S/C17H18O4/c1-4-20-15(18)14-10-6-11-8(2)9-5-12(9)17(11,3)7-13(10)21-16(14)19/h7,9,11-12H,2,4-6H2,1,3H3/t9-,11+,12-,17-/m1/s1. The van der Waals surface area contributed by atoms with E-state index in [0.29, 0.717) is 35.5 Å². The Morgan fingerprint density at radius 1 is 1.57 bits per heavy atom. The van der Waals surface area contributed by atoms with Gasteiger partial charge in [-0.15, -0.1) is 0 Å². The molecule has 0 spiro atoms. The van der Waals surface area contributed by atoms with Gasteiger partial charge in [0, 0.05) is 5.57 Å². The largest absolute Gasteiger partial charge is 0.462 e. The predicted octanol–water partition coefficient (Wildman–Crippen LogP) is 2.52. The highest BCUT2D eigenvalue weighted by atomic mass is 16.6. The van der Waals surface area contributed by atoms with Gasteiger partial charge in [-0.3, -0.25) is 0 Å². The lowest BCUT2D eigenvalue weighted by Gasteiger charge is -2.36. The number of hydrogen-bond donors (Lipinski definition) is 0. The molecule has 4 atom stereocenters. The lowest BCUT2D eigenvalue weighted by Crippen LogP contribution is -2.29. The van der Waals surface area contributed by atoms with Crippen LogP contribution in [0.1, 0.15) is 26.7 Å². The second-order valence-electron chi connectivity index (χ2n) is 6.62. The van der Waals surface area contributed by atoms with Crippen molar-refractivity contribution in [2.24, 2.45) is 23.2 Å². The topological polar surface area (TPSA) is 52.6 Å². The van der Waals surface area contributed by atoms with E-state index in [1.165, 1.54) is 12.0 Å². The van der Waals surface area contributed by atoms with Crippen molar-refractivity contribution >= 4 is 11.9 Å². The Balaban J connectivity index is 1.79. The van der Waals surface area contributed by atoms with E-state index in [1.807, 2.05) is 0 Å². The van der Waals surface area contributed by atoms with E-state index in [2.05, 4.69) is 19.6 Å². The summed E-state index contributed by atoms with van der Waals surface area (Å²) in [7, 11) is 0. The van der Waals surface area contributed by atoms with Gasteiger partial charge < -0.3 is 9.47 Å². The van der Waals surface area contributed by atoms with Crippen LogP contribution in [0.4, 0.5) is 0 Å². The van der Waals surface area contributed by atoms with E-state index in [4.69, 9.17) is 9.47 Å². The molecule has 3 aliphatic carbocycles. The first-order valence-corrected chi connectivity index (χ1v) is 7.51. The Hall–Kier alpha value is -1.84. The van der Waals surface area contributed by atoms with E-state index >= 15 is 0 Å². The van der Waals surface area contributed by atoms with E-state index in [-0.39, 0.29) is 17.6 Å². The number of fused-ring (bicyclic) bond motifs is 4. The summed E-state index contributed by atoms with van der Waals surface area (Å²) in [6.07, 6.45) is 3.91. The molecule has 0 bridgehead atoms. The third-order valence-electron chi connectivity index (χ3n) is 5.60. The van der Waals surface area contributed by atoms with E-state index < -0.39 is 11.9 Å². The number of carbonyl (C=O) groups excluding carboxylic acids is 2. The number of hydrogen-bond acceptors (Lipinski definition) is 4. The summed E-state index contributed by atoms with van der Waals surface area (Å²) in [6, 6.07) is 0. The van der Waals surface area contributed by atoms with E-state index in [1.54, 1.807) is 6.92 Å². The highest BCUT2D eigenvalue weighted by molar-refractivity contribution is 6.17. The molecule has 21 heavy (non-hydrogen) atoms. The Kier molecular flexibility index (Phi) is 2.37. The van der Waals surface area contributed by atoms with E-state index in [0.717, 1.165) is 0 Å². The van der Waals surface area contributed by atoms with Crippen LogP contribution in [0, 0.1) is 23.2 Å². The SMILES string of the molecule is C=C1[C@H]2C[C@H]2[C@]2(C)C=C3OC(=O)C(C(=O)OCC)=C3C[C@@H]12. The Morgan fingerprint density at radius 2 is 2.33 bits per heavy atom. The maximum absolute atomic E-state index is 12.0. The maximum atomic E-state index is 12.0.